The summed E-state index contributed by atoms with van der Waals surface area (Å²) < 4.78 is 0. The smallest absolute Gasteiger partial charge is 0.123 e. The molecule has 76 valence electrons. The first-order chi connectivity index (χ1) is 5.31. The van der Waals surface area contributed by atoms with E-state index >= 15 is 0 Å². The first kappa shape index (κ1) is 12.6. The molecule has 1 aromatic heterocycles. The molecule has 1 aliphatic rings. The van der Waals surface area contributed by atoms with E-state index in [-0.39, 0.29) is 24.8 Å². The number of rotatable bonds is 1. The summed E-state index contributed by atoms with van der Waals surface area (Å²) in [6.07, 6.45) is 2.27. The van der Waals surface area contributed by atoms with Crippen molar-refractivity contribution in [2.24, 2.45) is 0 Å². The van der Waals surface area contributed by atoms with Crippen LogP contribution >= 0.6 is 24.8 Å². The minimum Gasteiger partial charge on any atom is -0.382 e. The molecule has 5 nitrogen and oxygen atoms in total. The minimum absolute atomic E-state index is 0. The van der Waals surface area contributed by atoms with Crippen LogP contribution in [-0.2, 0) is 5.60 Å². The molecule has 0 saturated carbocycles. The van der Waals surface area contributed by atoms with Gasteiger partial charge in [0.1, 0.15) is 11.3 Å². The third-order valence-electron chi connectivity index (χ3n) is 2.02. The Balaban J connectivity index is 0.000000720. The average Bonchev–Trinajstić information content (AvgIpc) is 2.55. The van der Waals surface area contributed by atoms with Gasteiger partial charge in [-0.05, 0) is 13.0 Å². The largest absolute Gasteiger partial charge is 0.382 e. The SMILES string of the molecule is Cl.Cl.OC1(c2cn[nH]n2)CCNC1. The second-order valence-electron chi connectivity index (χ2n) is 2.81. The van der Waals surface area contributed by atoms with E-state index < -0.39 is 5.60 Å². The molecule has 3 N–H and O–H groups in total. The van der Waals surface area contributed by atoms with Gasteiger partial charge in [0, 0.05) is 6.54 Å². The van der Waals surface area contributed by atoms with Crippen molar-refractivity contribution < 1.29 is 5.11 Å². The van der Waals surface area contributed by atoms with E-state index in [0.29, 0.717) is 18.7 Å². The fraction of sp³-hybridized carbons (Fsp3) is 0.667. The third-order valence-corrected chi connectivity index (χ3v) is 2.02. The molecule has 0 aliphatic carbocycles. The van der Waals surface area contributed by atoms with Crippen molar-refractivity contribution in [3.63, 3.8) is 0 Å². The molecule has 1 fully saturated rings. The summed E-state index contributed by atoms with van der Waals surface area (Å²) in [4.78, 5) is 0. The number of nitrogens with zero attached hydrogens (tertiary/aromatic N) is 2. The Labute approximate surface area is 88.1 Å². The highest BCUT2D eigenvalue weighted by Crippen LogP contribution is 2.24. The van der Waals surface area contributed by atoms with Crippen LogP contribution in [0.1, 0.15) is 12.1 Å². The van der Waals surface area contributed by atoms with Crippen LogP contribution in [-0.4, -0.2) is 33.6 Å². The van der Waals surface area contributed by atoms with Crippen LogP contribution in [0.3, 0.4) is 0 Å². The maximum Gasteiger partial charge on any atom is 0.123 e. The lowest BCUT2D eigenvalue weighted by Crippen LogP contribution is -2.28. The van der Waals surface area contributed by atoms with Crippen LogP contribution in [0.5, 0.6) is 0 Å². The number of nitrogens with one attached hydrogen (secondary N) is 2. The maximum atomic E-state index is 9.87. The van der Waals surface area contributed by atoms with Gasteiger partial charge in [0.05, 0.1) is 6.20 Å². The topological polar surface area (TPSA) is 73.8 Å². The van der Waals surface area contributed by atoms with E-state index in [1.165, 1.54) is 0 Å². The highest BCUT2D eigenvalue weighted by atomic mass is 35.5. The third kappa shape index (κ3) is 2.31. The first-order valence-electron chi connectivity index (χ1n) is 3.61. The standard InChI is InChI=1S/C6H10N4O.2ClH/c11-6(1-2-7-4-6)5-3-8-10-9-5;;/h3,7,11H,1-2,4H2,(H,8,9,10);2*1H. The lowest BCUT2D eigenvalue weighted by molar-refractivity contribution is 0.0541. The lowest BCUT2D eigenvalue weighted by Gasteiger charge is -2.16. The van der Waals surface area contributed by atoms with Gasteiger partial charge in [-0.2, -0.15) is 15.4 Å². The zero-order chi connectivity index (χ0) is 7.73. The van der Waals surface area contributed by atoms with Gasteiger partial charge >= 0.3 is 0 Å². The number of β-amino-alcohol motifs (C(OH)–C–C–N with tert-alkyl or cyclic N) is 1. The maximum absolute atomic E-state index is 9.87. The van der Waals surface area contributed by atoms with E-state index in [2.05, 4.69) is 20.7 Å². The zero-order valence-electron chi connectivity index (χ0n) is 6.86. The highest BCUT2D eigenvalue weighted by molar-refractivity contribution is 5.85. The van der Waals surface area contributed by atoms with Crippen LogP contribution < -0.4 is 5.32 Å². The molecular weight excluding hydrogens is 215 g/mol. The van der Waals surface area contributed by atoms with E-state index in [9.17, 15) is 5.11 Å². The van der Waals surface area contributed by atoms with Crippen molar-refractivity contribution in [2.45, 2.75) is 12.0 Å². The molecular formula is C6H12Cl2N4O. The Morgan fingerprint density at radius 1 is 1.46 bits per heavy atom. The van der Waals surface area contributed by atoms with Crippen LogP contribution in [0.4, 0.5) is 0 Å². The van der Waals surface area contributed by atoms with Gasteiger partial charge in [-0.1, -0.05) is 0 Å². The molecule has 0 spiro atoms. The van der Waals surface area contributed by atoms with E-state index in [0.717, 1.165) is 6.54 Å². The van der Waals surface area contributed by atoms with Crippen LogP contribution in [0, 0.1) is 0 Å². The van der Waals surface area contributed by atoms with Gasteiger partial charge in [0.25, 0.3) is 0 Å². The average molecular weight is 227 g/mol. The van der Waals surface area contributed by atoms with Crippen molar-refractivity contribution in [1.82, 2.24) is 20.7 Å². The predicted octanol–water partition coefficient (Wildman–Crippen LogP) is -0.171. The van der Waals surface area contributed by atoms with Gasteiger partial charge in [0.2, 0.25) is 0 Å². The summed E-state index contributed by atoms with van der Waals surface area (Å²) in [5.74, 6) is 0. The minimum atomic E-state index is -0.799. The molecule has 13 heavy (non-hydrogen) atoms. The van der Waals surface area contributed by atoms with E-state index in [1.807, 2.05) is 0 Å². The van der Waals surface area contributed by atoms with Crippen molar-refractivity contribution in [2.75, 3.05) is 13.1 Å². The molecule has 1 aromatic rings. The van der Waals surface area contributed by atoms with Crippen molar-refractivity contribution in [3.05, 3.63) is 11.9 Å². The number of H-pyrrole nitrogens is 1. The molecule has 0 radical (unpaired) electrons. The molecule has 0 aromatic carbocycles. The zero-order valence-corrected chi connectivity index (χ0v) is 8.49. The Kier molecular flexibility index (Phi) is 4.63. The number of hydrogen-bond donors (Lipinski definition) is 3. The van der Waals surface area contributed by atoms with Crippen molar-refractivity contribution >= 4 is 24.8 Å². The van der Waals surface area contributed by atoms with Crippen LogP contribution in [0.25, 0.3) is 0 Å². The second kappa shape index (κ2) is 4.76. The number of hydrogen-bond acceptors (Lipinski definition) is 4. The van der Waals surface area contributed by atoms with Gasteiger partial charge < -0.3 is 10.4 Å². The summed E-state index contributed by atoms with van der Waals surface area (Å²) in [7, 11) is 0. The van der Waals surface area contributed by atoms with Crippen LogP contribution in [0.2, 0.25) is 0 Å². The first-order valence-corrected chi connectivity index (χ1v) is 3.61. The molecule has 0 amide bonds. The molecule has 1 saturated heterocycles. The Morgan fingerprint density at radius 3 is 2.69 bits per heavy atom. The lowest BCUT2D eigenvalue weighted by atomic mass is 10.0. The molecule has 2 heterocycles. The quantitative estimate of drug-likeness (QED) is 0.622. The summed E-state index contributed by atoms with van der Waals surface area (Å²) in [5.41, 5.74) is -0.171. The fourth-order valence-corrected chi connectivity index (χ4v) is 1.32. The molecule has 0 bridgehead atoms. The highest BCUT2D eigenvalue weighted by Gasteiger charge is 2.35. The van der Waals surface area contributed by atoms with Gasteiger partial charge in [-0.25, -0.2) is 0 Å². The fourth-order valence-electron chi connectivity index (χ4n) is 1.32. The molecule has 7 heteroatoms. The summed E-state index contributed by atoms with van der Waals surface area (Å²) in [6.45, 7) is 1.41. The van der Waals surface area contributed by atoms with E-state index in [1.54, 1.807) is 6.20 Å². The molecule has 1 unspecified atom stereocenters. The predicted molar refractivity (Wildman–Crippen MR) is 52.3 cm³/mol. The normalized spacial score (nSPS) is 26.2. The number of aromatic amines is 1. The Hall–Kier alpha value is -0.360. The van der Waals surface area contributed by atoms with Gasteiger partial charge in [-0.3, -0.25) is 0 Å². The number of halogens is 2. The summed E-state index contributed by atoms with van der Waals surface area (Å²) in [6, 6.07) is 0. The number of aliphatic hydroxyl groups is 1. The van der Waals surface area contributed by atoms with E-state index in [4.69, 9.17) is 0 Å². The summed E-state index contributed by atoms with van der Waals surface area (Å²) in [5, 5.41) is 22.9. The monoisotopic (exact) mass is 226 g/mol. The molecule has 2 rings (SSSR count). The summed E-state index contributed by atoms with van der Waals surface area (Å²) >= 11 is 0. The molecule has 1 atom stereocenters. The van der Waals surface area contributed by atoms with Crippen molar-refractivity contribution in [1.29, 1.82) is 0 Å². The molecule has 1 aliphatic heterocycles. The van der Waals surface area contributed by atoms with Crippen molar-refractivity contribution in [3.8, 4) is 0 Å². The Bertz CT molecular complexity index is 235. The van der Waals surface area contributed by atoms with Gasteiger partial charge in [-0.15, -0.1) is 24.8 Å². The van der Waals surface area contributed by atoms with Gasteiger partial charge in [0.15, 0.2) is 0 Å². The Morgan fingerprint density at radius 2 is 2.23 bits per heavy atom. The number of aromatic nitrogens is 3. The second-order valence-corrected chi connectivity index (χ2v) is 2.81. The van der Waals surface area contributed by atoms with Crippen LogP contribution in [0.15, 0.2) is 6.20 Å².